The number of nitrogens with one attached hydrogen (secondary N) is 1. The summed E-state index contributed by atoms with van der Waals surface area (Å²) >= 11 is 0. The van der Waals surface area contributed by atoms with Crippen molar-refractivity contribution in [3.8, 4) is 0 Å². The van der Waals surface area contributed by atoms with Crippen molar-refractivity contribution < 1.29 is 4.79 Å². The summed E-state index contributed by atoms with van der Waals surface area (Å²) in [6.07, 6.45) is 0.577. The summed E-state index contributed by atoms with van der Waals surface area (Å²) in [5.74, 6) is 0.435. The quantitative estimate of drug-likeness (QED) is 0.825. The van der Waals surface area contributed by atoms with Gasteiger partial charge in [0, 0.05) is 18.0 Å². The summed E-state index contributed by atoms with van der Waals surface area (Å²) in [5.41, 5.74) is 3.51. The minimum atomic E-state index is 0.171. The molecule has 3 rings (SSSR count). The number of Topliss-reactive ketones (excluding diaryl/α,β-unsaturated/α-hetero) is 1. The van der Waals surface area contributed by atoms with Gasteiger partial charge in [-0.1, -0.05) is 48.5 Å². The van der Waals surface area contributed by atoms with E-state index in [1.54, 1.807) is 0 Å². The first-order valence-corrected chi connectivity index (χ1v) is 6.24. The van der Waals surface area contributed by atoms with Crippen molar-refractivity contribution in [2.24, 2.45) is 0 Å². The number of hydrogen-bond acceptors (Lipinski definition) is 2. The first kappa shape index (κ1) is 11.0. The molecular weight excluding hydrogens is 222 g/mol. The van der Waals surface area contributed by atoms with Crippen LogP contribution in [0, 0.1) is 0 Å². The number of hydrogen-bond donors (Lipinski definition) is 1. The van der Waals surface area contributed by atoms with Crippen LogP contribution in [-0.4, -0.2) is 12.3 Å². The van der Waals surface area contributed by atoms with Gasteiger partial charge in [0.25, 0.3) is 0 Å². The minimum absolute atomic E-state index is 0.171. The molecule has 1 atom stereocenters. The van der Waals surface area contributed by atoms with Crippen LogP contribution in [0.1, 0.15) is 23.5 Å². The Balaban J connectivity index is 2.09. The number of benzene rings is 2. The summed E-state index contributed by atoms with van der Waals surface area (Å²) < 4.78 is 0. The lowest BCUT2D eigenvalue weighted by molar-refractivity contribution is -0.117. The molecule has 2 nitrogen and oxygen atoms in total. The van der Waals surface area contributed by atoms with Crippen LogP contribution in [0.2, 0.25) is 0 Å². The van der Waals surface area contributed by atoms with Crippen LogP contribution >= 0.6 is 0 Å². The number of fused-ring (bicyclic) bond motifs is 1. The van der Waals surface area contributed by atoms with Gasteiger partial charge in [0.15, 0.2) is 5.78 Å². The summed E-state index contributed by atoms with van der Waals surface area (Å²) in [7, 11) is 0. The maximum atomic E-state index is 11.9. The van der Waals surface area contributed by atoms with Crippen LogP contribution in [0.4, 0.5) is 5.69 Å². The fourth-order valence-corrected chi connectivity index (χ4v) is 2.55. The van der Waals surface area contributed by atoms with Gasteiger partial charge < -0.3 is 5.32 Å². The van der Waals surface area contributed by atoms with Gasteiger partial charge in [-0.3, -0.25) is 4.79 Å². The number of carbonyl (C=O) groups is 1. The van der Waals surface area contributed by atoms with Gasteiger partial charge >= 0.3 is 0 Å². The maximum absolute atomic E-state index is 11.9. The number of ketones is 1. The zero-order valence-electron chi connectivity index (χ0n) is 10.1. The van der Waals surface area contributed by atoms with Crippen molar-refractivity contribution in [2.45, 2.75) is 12.3 Å². The molecule has 0 saturated heterocycles. The first-order chi connectivity index (χ1) is 8.84. The largest absolute Gasteiger partial charge is 0.378 e. The second-order valence-corrected chi connectivity index (χ2v) is 4.65. The van der Waals surface area contributed by atoms with E-state index in [0.29, 0.717) is 13.0 Å². The first-order valence-electron chi connectivity index (χ1n) is 6.24. The Labute approximate surface area is 107 Å². The van der Waals surface area contributed by atoms with Gasteiger partial charge in [0.2, 0.25) is 0 Å². The summed E-state index contributed by atoms with van der Waals surface area (Å²) in [5, 5.41) is 3.23. The Kier molecular flexibility index (Phi) is 2.85. The molecule has 0 amide bonds. The molecule has 1 N–H and O–H groups in total. The van der Waals surface area contributed by atoms with Crippen LogP contribution in [0.25, 0.3) is 0 Å². The van der Waals surface area contributed by atoms with E-state index in [1.807, 2.05) is 36.4 Å². The summed E-state index contributed by atoms with van der Waals surface area (Å²) in [6.45, 7) is 0.431. The van der Waals surface area contributed by atoms with Gasteiger partial charge in [0.05, 0.1) is 6.54 Å². The second kappa shape index (κ2) is 4.65. The SMILES string of the molecule is O=C1CNc2ccccc2C(c2ccccc2)C1. The standard InChI is InChI=1S/C16H15NO/c18-13-10-15(12-6-2-1-3-7-12)14-8-4-5-9-16(14)17-11-13/h1-9,15,17H,10-11H2. The Morgan fingerprint density at radius 2 is 1.67 bits per heavy atom. The van der Waals surface area contributed by atoms with Crippen molar-refractivity contribution in [3.05, 3.63) is 65.7 Å². The zero-order chi connectivity index (χ0) is 12.4. The molecule has 1 heterocycles. The molecule has 0 aromatic heterocycles. The molecule has 90 valence electrons. The molecule has 1 aliphatic heterocycles. The smallest absolute Gasteiger partial charge is 0.152 e. The summed E-state index contributed by atoms with van der Waals surface area (Å²) in [6, 6.07) is 18.5. The molecular formula is C16H15NO. The lowest BCUT2D eigenvalue weighted by atomic mass is 9.87. The molecule has 2 aromatic rings. The van der Waals surface area contributed by atoms with E-state index < -0.39 is 0 Å². The average molecular weight is 237 g/mol. The molecule has 0 fully saturated rings. The number of para-hydroxylation sites is 1. The van der Waals surface area contributed by atoms with Gasteiger partial charge in [0.1, 0.15) is 0 Å². The predicted molar refractivity (Wildman–Crippen MR) is 72.8 cm³/mol. The van der Waals surface area contributed by atoms with Crippen LogP contribution < -0.4 is 5.32 Å². The minimum Gasteiger partial charge on any atom is -0.378 e. The lowest BCUT2D eigenvalue weighted by Crippen LogP contribution is -2.12. The topological polar surface area (TPSA) is 29.1 Å². The highest BCUT2D eigenvalue weighted by Crippen LogP contribution is 2.34. The third-order valence-corrected chi connectivity index (χ3v) is 3.45. The monoisotopic (exact) mass is 237 g/mol. The molecule has 0 aliphatic carbocycles. The molecule has 0 spiro atoms. The number of rotatable bonds is 1. The molecule has 0 saturated carbocycles. The summed E-state index contributed by atoms with van der Waals surface area (Å²) in [4.78, 5) is 11.9. The van der Waals surface area contributed by atoms with E-state index >= 15 is 0 Å². The maximum Gasteiger partial charge on any atom is 0.152 e. The molecule has 1 unspecified atom stereocenters. The van der Waals surface area contributed by atoms with Crippen LogP contribution in [-0.2, 0) is 4.79 Å². The molecule has 1 aliphatic rings. The molecule has 0 radical (unpaired) electrons. The Morgan fingerprint density at radius 3 is 2.50 bits per heavy atom. The molecule has 0 bridgehead atoms. The van der Waals surface area contributed by atoms with Crippen LogP contribution in [0.15, 0.2) is 54.6 Å². The highest BCUT2D eigenvalue weighted by Gasteiger charge is 2.23. The Morgan fingerprint density at radius 1 is 0.944 bits per heavy atom. The van der Waals surface area contributed by atoms with E-state index in [1.165, 1.54) is 11.1 Å². The van der Waals surface area contributed by atoms with E-state index in [0.717, 1.165) is 5.69 Å². The van der Waals surface area contributed by atoms with E-state index in [2.05, 4.69) is 23.5 Å². The van der Waals surface area contributed by atoms with Crippen LogP contribution in [0.3, 0.4) is 0 Å². The highest BCUT2D eigenvalue weighted by atomic mass is 16.1. The van der Waals surface area contributed by atoms with Crippen molar-refractivity contribution in [1.82, 2.24) is 0 Å². The van der Waals surface area contributed by atoms with Crippen molar-refractivity contribution in [2.75, 3.05) is 11.9 Å². The van der Waals surface area contributed by atoms with Crippen molar-refractivity contribution in [1.29, 1.82) is 0 Å². The fourth-order valence-electron chi connectivity index (χ4n) is 2.55. The molecule has 2 aromatic carbocycles. The number of anilines is 1. The second-order valence-electron chi connectivity index (χ2n) is 4.65. The van der Waals surface area contributed by atoms with Gasteiger partial charge in [-0.2, -0.15) is 0 Å². The average Bonchev–Trinajstić information content (AvgIpc) is 2.60. The van der Waals surface area contributed by atoms with Gasteiger partial charge in [-0.25, -0.2) is 0 Å². The van der Waals surface area contributed by atoms with E-state index in [-0.39, 0.29) is 11.7 Å². The van der Waals surface area contributed by atoms with Crippen LogP contribution in [0.5, 0.6) is 0 Å². The Bertz CT molecular complexity index is 562. The van der Waals surface area contributed by atoms with E-state index in [4.69, 9.17) is 0 Å². The van der Waals surface area contributed by atoms with Crippen molar-refractivity contribution >= 4 is 11.5 Å². The molecule has 2 heteroatoms. The van der Waals surface area contributed by atoms with E-state index in [9.17, 15) is 4.79 Å². The fraction of sp³-hybridized carbons (Fsp3) is 0.188. The van der Waals surface area contributed by atoms with Gasteiger partial charge in [-0.05, 0) is 17.2 Å². The van der Waals surface area contributed by atoms with Crippen molar-refractivity contribution in [3.63, 3.8) is 0 Å². The predicted octanol–water partition coefficient (Wildman–Crippen LogP) is 3.20. The normalized spacial score (nSPS) is 18.7. The lowest BCUT2D eigenvalue weighted by Gasteiger charge is -2.17. The third-order valence-electron chi connectivity index (χ3n) is 3.45. The zero-order valence-corrected chi connectivity index (χ0v) is 10.1. The highest BCUT2D eigenvalue weighted by molar-refractivity contribution is 5.86. The third kappa shape index (κ3) is 2.02. The Hall–Kier alpha value is -2.09. The van der Waals surface area contributed by atoms with Gasteiger partial charge in [-0.15, -0.1) is 0 Å². The number of carbonyl (C=O) groups excluding carboxylic acids is 1. The molecule has 18 heavy (non-hydrogen) atoms.